The van der Waals surface area contributed by atoms with Crippen LogP contribution in [-0.2, 0) is 11.2 Å². The van der Waals surface area contributed by atoms with Gasteiger partial charge in [-0.2, -0.15) is 0 Å². The summed E-state index contributed by atoms with van der Waals surface area (Å²) in [5.41, 5.74) is 11.1. The zero-order valence-electron chi connectivity index (χ0n) is 18.5. The third-order valence-electron chi connectivity index (χ3n) is 5.43. The average Bonchev–Trinajstić information content (AvgIpc) is 3.12. The van der Waals surface area contributed by atoms with E-state index < -0.39 is 5.91 Å². The smallest absolute Gasteiger partial charge is 0.221 e. The Bertz CT molecular complexity index is 1260. The highest BCUT2D eigenvalue weighted by molar-refractivity contribution is 5.99. The minimum Gasteiger partial charge on any atom is -0.496 e. The van der Waals surface area contributed by atoms with Crippen molar-refractivity contribution in [1.82, 2.24) is 15.1 Å². The van der Waals surface area contributed by atoms with Crippen LogP contribution in [0.1, 0.15) is 35.7 Å². The topological polar surface area (TPSA) is 116 Å². The number of primary amides is 1. The standard InChI is InChI=1S/C24H25N5O3/c1-13(19-7-5-6-8-26-19)28-24-16(9-22(25)30)12-27-20-10-18(21(31-4)11-17(20)24)23-14(2)29-32-15(23)3/h5-8,10-13H,9H2,1-4H3,(H2,25,30)(H,27,28)/t13-/m1/s1. The second-order valence-corrected chi connectivity index (χ2v) is 7.69. The summed E-state index contributed by atoms with van der Waals surface area (Å²) >= 11 is 0. The van der Waals surface area contributed by atoms with Gasteiger partial charge in [-0.1, -0.05) is 11.2 Å². The normalized spacial score (nSPS) is 12.0. The quantitative estimate of drug-likeness (QED) is 0.452. The molecule has 0 aliphatic carbocycles. The van der Waals surface area contributed by atoms with Crippen molar-refractivity contribution in [2.75, 3.05) is 12.4 Å². The van der Waals surface area contributed by atoms with Crippen LogP contribution in [0.2, 0.25) is 0 Å². The van der Waals surface area contributed by atoms with Gasteiger partial charge in [0.2, 0.25) is 5.91 Å². The first kappa shape index (κ1) is 21.3. The van der Waals surface area contributed by atoms with Crippen molar-refractivity contribution in [3.63, 3.8) is 0 Å². The summed E-state index contributed by atoms with van der Waals surface area (Å²) in [6, 6.07) is 9.52. The molecular formula is C24H25N5O3. The molecule has 8 nitrogen and oxygen atoms in total. The molecule has 3 N–H and O–H groups in total. The summed E-state index contributed by atoms with van der Waals surface area (Å²) in [5.74, 6) is 0.921. The summed E-state index contributed by atoms with van der Waals surface area (Å²) in [6.45, 7) is 5.77. The third kappa shape index (κ3) is 3.99. The first-order valence-electron chi connectivity index (χ1n) is 10.3. The van der Waals surface area contributed by atoms with Crippen LogP contribution in [-0.4, -0.2) is 28.1 Å². The van der Waals surface area contributed by atoms with Crippen LogP contribution in [0.4, 0.5) is 5.69 Å². The number of ether oxygens (including phenoxy) is 1. The number of nitrogens with two attached hydrogens (primary N) is 1. The highest BCUT2D eigenvalue weighted by Crippen LogP contribution is 2.40. The van der Waals surface area contributed by atoms with Gasteiger partial charge in [0.15, 0.2) is 0 Å². The molecule has 0 fully saturated rings. The molecule has 0 saturated carbocycles. The van der Waals surface area contributed by atoms with E-state index in [2.05, 4.69) is 20.4 Å². The lowest BCUT2D eigenvalue weighted by atomic mass is 9.98. The number of fused-ring (bicyclic) bond motifs is 1. The number of aromatic nitrogens is 3. The van der Waals surface area contributed by atoms with Crippen molar-refractivity contribution in [2.45, 2.75) is 33.2 Å². The zero-order valence-corrected chi connectivity index (χ0v) is 18.5. The Hall–Kier alpha value is -3.94. The van der Waals surface area contributed by atoms with E-state index in [1.807, 2.05) is 51.1 Å². The summed E-state index contributed by atoms with van der Waals surface area (Å²) in [6.07, 6.45) is 3.50. The predicted molar refractivity (Wildman–Crippen MR) is 122 cm³/mol. The van der Waals surface area contributed by atoms with Crippen molar-refractivity contribution in [3.8, 4) is 16.9 Å². The fraction of sp³-hybridized carbons (Fsp3) is 0.250. The van der Waals surface area contributed by atoms with Crippen LogP contribution in [0, 0.1) is 13.8 Å². The van der Waals surface area contributed by atoms with Crippen molar-refractivity contribution in [3.05, 3.63) is 65.4 Å². The van der Waals surface area contributed by atoms with Crippen LogP contribution in [0.25, 0.3) is 22.0 Å². The molecule has 1 amide bonds. The second-order valence-electron chi connectivity index (χ2n) is 7.69. The monoisotopic (exact) mass is 431 g/mol. The molecule has 4 rings (SSSR count). The fourth-order valence-electron chi connectivity index (χ4n) is 3.91. The number of methoxy groups -OCH3 is 1. The number of nitrogens with zero attached hydrogens (tertiary/aromatic N) is 3. The van der Waals surface area contributed by atoms with E-state index in [-0.39, 0.29) is 12.5 Å². The number of hydrogen-bond donors (Lipinski definition) is 2. The van der Waals surface area contributed by atoms with Crippen molar-refractivity contribution in [1.29, 1.82) is 0 Å². The van der Waals surface area contributed by atoms with E-state index in [4.69, 9.17) is 15.0 Å². The summed E-state index contributed by atoms with van der Waals surface area (Å²) in [7, 11) is 1.62. The maximum absolute atomic E-state index is 11.7. The molecule has 0 unspecified atom stereocenters. The van der Waals surface area contributed by atoms with Gasteiger partial charge in [0, 0.05) is 34.6 Å². The molecule has 164 valence electrons. The minimum atomic E-state index is -0.431. The summed E-state index contributed by atoms with van der Waals surface area (Å²) < 4.78 is 11.1. The van der Waals surface area contributed by atoms with Crippen LogP contribution < -0.4 is 15.8 Å². The number of pyridine rings is 2. The van der Waals surface area contributed by atoms with Gasteiger partial charge in [0.1, 0.15) is 11.5 Å². The number of carbonyl (C=O) groups excluding carboxylic acids is 1. The lowest BCUT2D eigenvalue weighted by Gasteiger charge is -2.20. The largest absolute Gasteiger partial charge is 0.496 e. The van der Waals surface area contributed by atoms with Gasteiger partial charge in [-0.15, -0.1) is 0 Å². The zero-order chi connectivity index (χ0) is 22.8. The van der Waals surface area contributed by atoms with E-state index in [0.29, 0.717) is 17.1 Å². The van der Waals surface area contributed by atoms with E-state index in [9.17, 15) is 4.79 Å². The van der Waals surface area contributed by atoms with Gasteiger partial charge < -0.3 is 20.3 Å². The second kappa shape index (κ2) is 8.66. The third-order valence-corrected chi connectivity index (χ3v) is 5.43. The SMILES string of the molecule is COc1cc2c(N[C@H](C)c3ccccn3)c(CC(N)=O)cnc2cc1-c1c(C)noc1C. The van der Waals surface area contributed by atoms with Crippen molar-refractivity contribution >= 4 is 22.5 Å². The van der Waals surface area contributed by atoms with E-state index >= 15 is 0 Å². The van der Waals surface area contributed by atoms with Crippen LogP contribution in [0.3, 0.4) is 0 Å². The molecule has 3 aromatic heterocycles. The molecule has 0 bridgehead atoms. The van der Waals surface area contributed by atoms with Gasteiger partial charge >= 0.3 is 0 Å². The highest BCUT2D eigenvalue weighted by Gasteiger charge is 2.21. The van der Waals surface area contributed by atoms with E-state index in [1.54, 1.807) is 19.5 Å². The maximum atomic E-state index is 11.7. The van der Waals surface area contributed by atoms with Gasteiger partial charge in [-0.25, -0.2) is 0 Å². The van der Waals surface area contributed by atoms with Crippen LogP contribution in [0.15, 0.2) is 47.2 Å². The molecule has 0 aliphatic rings. The number of benzene rings is 1. The Morgan fingerprint density at radius 2 is 2.06 bits per heavy atom. The van der Waals surface area contributed by atoms with Gasteiger partial charge in [-0.05, 0) is 45.0 Å². The van der Waals surface area contributed by atoms with Crippen molar-refractivity contribution < 1.29 is 14.1 Å². The highest BCUT2D eigenvalue weighted by atomic mass is 16.5. The van der Waals surface area contributed by atoms with E-state index in [1.165, 1.54) is 0 Å². The molecule has 0 saturated heterocycles. The molecular weight excluding hydrogens is 406 g/mol. The molecule has 0 radical (unpaired) electrons. The van der Waals surface area contributed by atoms with Crippen molar-refractivity contribution in [2.24, 2.45) is 5.73 Å². The van der Waals surface area contributed by atoms with Gasteiger partial charge in [0.25, 0.3) is 0 Å². The number of hydrogen-bond acceptors (Lipinski definition) is 7. The minimum absolute atomic E-state index is 0.0636. The Labute approximate surface area is 185 Å². The molecule has 1 aromatic carbocycles. The number of nitrogens with one attached hydrogen (secondary N) is 1. The average molecular weight is 431 g/mol. The number of amides is 1. The first-order chi connectivity index (χ1) is 15.4. The molecule has 3 heterocycles. The lowest BCUT2D eigenvalue weighted by molar-refractivity contribution is -0.117. The molecule has 8 heteroatoms. The predicted octanol–water partition coefficient (Wildman–Crippen LogP) is 4.11. The Morgan fingerprint density at radius 1 is 1.25 bits per heavy atom. The first-order valence-corrected chi connectivity index (χ1v) is 10.3. The Balaban J connectivity index is 1.90. The number of carbonyl (C=O) groups is 1. The van der Waals surface area contributed by atoms with Crippen LogP contribution in [0.5, 0.6) is 5.75 Å². The summed E-state index contributed by atoms with van der Waals surface area (Å²) in [5, 5.41) is 8.39. The molecule has 0 aliphatic heterocycles. The van der Waals surface area contributed by atoms with Crippen LogP contribution >= 0.6 is 0 Å². The lowest BCUT2D eigenvalue weighted by Crippen LogP contribution is -2.17. The number of rotatable bonds is 7. The Kier molecular flexibility index (Phi) is 5.77. The molecule has 4 aromatic rings. The Morgan fingerprint density at radius 3 is 2.69 bits per heavy atom. The fourth-order valence-corrected chi connectivity index (χ4v) is 3.91. The molecule has 32 heavy (non-hydrogen) atoms. The molecule has 0 spiro atoms. The number of aryl methyl sites for hydroxylation is 2. The maximum Gasteiger partial charge on any atom is 0.221 e. The van der Waals surface area contributed by atoms with Gasteiger partial charge in [0.05, 0.1) is 42.0 Å². The summed E-state index contributed by atoms with van der Waals surface area (Å²) in [4.78, 5) is 20.8. The number of anilines is 1. The van der Waals surface area contributed by atoms with E-state index in [0.717, 1.165) is 39.1 Å². The molecule has 1 atom stereocenters. The van der Waals surface area contributed by atoms with Gasteiger partial charge in [-0.3, -0.25) is 14.8 Å².